The summed E-state index contributed by atoms with van der Waals surface area (Å²) in [5.41, 5.74) is 9.37. The molecule has 6 nitrogen and oxygen atoms in total. The lowest BCUT2D eigenvalue weighted by Gasteiger charge is -2.06. The second kappa shape index (κ2) is 7.44. The molecule has 3 rings (SSSR count). The van der Waals surface area contributed by atoms with Gasteiger partial charge in [0.2, 0.25) is 5.91 Å². The summed E-state index contributed by atoms with van der Waals surface area (Å²) in [5, 5.41) is 10.2. The molecule has 0 unspecified atom stereocenters. The average molecular weight is 334 g/mol. The number of aromatic nitrogens is 1. The standard InChI is InChI=1S/C19H18N4O2/c20-10-15(11-21)17-5-7-22-12-14(17)2-4-19(24)23-16-3-1-13-6-8-25-18(13)9-16/h1-5,7,9-12,20H,6,8,21H2,(H,23,24)/b4-2+,15-11+,20-10?. The number of allylic oxidation sites excluding steroid dienone is 1. The molecular formula is C19H18N4O2. The third kappa shape index (κ3) is 3.74. The molecule has 1 aromatic carbocycles. The van der Waals surface area contributed by atoms with Crippen molar-refractivity contribution in [2.24, 2.45) is 5.73 Å². The molecule has 0 atom stereocenters. The van der Waals surface area contributed by atoms with Gasteiger partial charge in [0.1, 0.15) is 5.75 Å². The van der Waals surface area contributed by atoms with Gasteiger partial charge in [-0.1, -0.05) is 6.07 Å². The van der Waals surface area contributed by atoms with E-state index in [1.165, 1.54) is 12.3 Å². The molecule has 1 aliphatic rings. The summed E-state index contributed by atoms with van der Waals surface area (Å²) < 4.78 is 5.50. The molecule has 0 radical (unpaired) electrons. The zero-order valence-electron chi connectivity index (χ0n) is 13.5. The number of benzene rings is 1. The summed E-state index contributed by atoms with van der Waals surface area (Å²) in [6, 6.07) is 7.40. The van der Waals surface area contributed by atoms with Crippen LogP contribution < -0.4 is 15.8 Å². The van der Waals surface area contributed by atoms with Crippen LogP contribution in [0.4, 0.5) is 5.69 Å². The molecule has 1 amide bonds. The molecule has 4 N–H and O–H groups in total. The summed E-state index contributed by atoms with van der Waals surface area (Å²) in [7, 11) is 0. The fourth-order valence-electron chi connectivity index (χ4n) is 2.61. The number of nitrogens with zero attached hydrogens (tertiary/aromatic N) is 1. The Balaban J connectivity index is 1.74. The van der Waals surface area contributed by atoms with E-state index in [2.05, 4.69) is 10.3 Å². The van der Waals surface area contributed by atoms with E-state index >= 15 is 0 Å². The molecule has 0 bridgehead atoms. The maximum Gasteiger partial charge on any atom is 0.248 e. The van der Waals surface area contributed by atoms with E-state index in [9.17, 15) is 4.79 Å². The summed E-state index contributed by atoms with van der Waals surface area (Å²) in [4.78, 5) is 16.2. The van der Waals surface area contributed by atoms with Crippen LogP contribution in [0.25, 0.3) is 11.6 Å². The quantitative estimate of drug-likeness (QED) is 0.578. The summed E-state index contributed by atoms with van der Waals surface area (Å²) in [5.74, 6) is 0.556. The van der Waals surface area contributed by atoms with Gasteiger partial charge in [-0.3, -0.25) is 9.78 Å². The first kappa shape index (κ1) is 16.4. The number of pyridine rings is 1. The van der Waals surface area contributed by atoms with E-state index in [1.807, 2.05) is 18.2 Å². The second-order valence-corrected chi connectivity index (χ2v) is 5.47. The Hall–Kier alpha value is -3.41. The maximum atomic E-state index is 12.2. The number of rotatable bonds is 5. The van der Waals surface area contributed by atoms with Crippen molar-refractivity contribution in [1.82, 2.24) is 4.98 Å². The third-order valence-electron chi connectivity index (χ3n) is 3.88. The first-order chi connectivity index (χ1) is 12.2. The van der Waals surface area contributed by atoms with Crippen molar-refractivity contribution in [1.29, 1.82) is 5.41 Å². The van der Waals surface area contributed by atoms with Gasteiger partial charge in [-0.15, -0.1) is 0 Å². The monoisotopic (exact) mass is 334 g/mol. The highest BCUT2D eigenvalue weighted by molar-refractivity contribution is 6.10. The van der Waals surface area contributed by atoms with Crippen LogP contribution in [0.3, 0.4) is 0 Å². The predicted molar refractivity (Wildman–Crippen MR) is 98.5 cm³/mol. The number of carbonyl (C=O) groups is 1. The van der Waals surface area contributed by atoms with Crippen LogP contribution in [0, 0.1) is 5.41 Å². The molecule has 0 spiro atoms. The van der Waals surface area contributed by atoms with Crippen LogP contribution in [0.5, 0.6) is 5.75 Å². The highest BCUT2D eigenvalue weighted by atomic mass is 16.5. The number of carbonyl (C=O) groups excluding carboxylic acids is 1. The van der Waals surface area contributed by atoms with Crippen molar-refractivity contribution in [3.63, 3.8) is 0 Å². The van der Waals surface area contributed by atoms with Gasteiger partial charge in [-0.05, 0) is 29.3 Å². The van der Waals surface area contributed by atoms with Crippen LogP contribution in [0.1, 0.15) is 16.7 Å². The Morgan fingerprint density at radius 3 is 3.04 bits per heavy atom. The molecule has 1 aromatic heterocycles. The first-order valence-electron chi connectivity index (χ1n) is 7.83. The number of nitrogens with two attached hydrogens (primary N) is 1. The molecule has 0 aliphatic carbocycles. The van der Waals surface area contributed by atoms with Crippen molar-refractivity contribution >= 4 is 29.5 Å². The fourth-order valence-corrected chi connectivity index (χ4v) is 2.61. The number of amides is 1. The SMILES string of the molecule is N=C/C(=C\N)c1ccncc1/C=C/C(=O)Nc1ccc2c(c1)OCC2. The molecular weight excluding hydrogens is 316 g/mol. The maximum absolute atomic E-state index is 12.2. The number of anilines is 1. The van der Waals surface area contributed by atoms with Crippen LogP contribution >= 0.6 is 0 Å². The lowest BCUT2D eigenvalue weighted by Crippen LogP contribution is -2.07. The molecule has 25 heavy (non-hydrogen) atoms. The first-order valence-corrected chi connectivity index (χ1v) is 7.83. The van der Waals surface area contributed by atoms with E-state index in [1.54, 1.807) is 24.5 Å². The van der Waals surface area contributed by atoms with E-state index in [4.69, 9.17) is 15.9 Å². The Kier molecular flexibility index (Phi) is 4.89. The van der Waals surface area contributed by atoms with Gasteiger partial charge < -0.3 is 21.2 Å². The van der Waals surface area contributed by atoms with Gasteiger partial charge in [0.05, 0.1) is 6.61 Å². The van der Waals surface area contributed by atoms with Crippen LogP contribution in [-0.4, -0.2) is 23.7 Å². The van der Waals surface area contributed by atoms with Crippen molar-refractivity contribution in [3.8, 4) is 5.75 Å². The minimum atomic E-state index is -0.263. The fraction of sp³-hybridized carbons (Fsp3) is 0.105. The van der Waals surface area contributed by atoms with Gasteiger partial charge in [-0.25, -0.2) is 0 Å². The topological polar surface area (TPSA) is 101 Å². The van der Waals surface area contributed by atoms with E-state index in [-0.39, 0.29) is 5.91 Å². The smallest absolute Gasteiger partial charge is 0.248 e. The van der Waals surface area contributed by atoms with Gasteiger partial charge in [0.25, 0.3) is 0 Å². The van der Waals surface area contributed by atoms with Crippen molar-refractivity contribution in [2.45, 2.75) is 6.42 Å². The van der Waals surface area contributed by atoms with Crippen LogP contribution in [0.15, 0.2) is 48.9 Å². The highest BCUT2D eigenvalue weighted by Crippen LogP contribution is 2.28. The zero-order chi connectivity index (χ0) is 17.6. The lowest BCUT2D eigenvalue weighted by molar-refractivity contribution is -0.111. The highest BCUT2D eigenvalue weighted by Gasteiger charge is 2.12. The van der Waals surface area contributed by atoms with Gasteiger partial charge in [-0.2, -0.15) is 0 Å². The largest absolute Gasteiger partial charge is 0.493 e. The molecule has 2 aromatic rings. The number of hydrogen-bond donors (Lipinski definition) is 3. The van der Waals surface area contributed by atoms with Crippen molar-refractivity contribution < 1.29 is 9.53 Å². The Morgan fingerprint density at radius 1 is 1.36 bits per heavy atom. The van der Waals surface area contributed by atoms with Crippen molar-refractivity contribution in [3.05, 3.63) is 65.6 Å². The van der Waals surface area contributed by atoms with Crippen LogP contribution in [-0.2, 0) is 11.2 Å². The Morgan fingerprint density at radius 2 is 2.24 bits per heavy atom. The minimum absolute atomic E-state index is 0.263. The predicted octanol–water partition coefficient (Wildman–Crippen LogP) is 2.62. The second-order valence-electron chi connectivity index (χ2n) is 5.47. The zero-order valence-corrected chi connectivity index (χ0v) is 13.5. The minimum Gasteiger partial charge on any atom is -0.493 e. The number of nitrogens with one attached hydrogen (secondary N) is 2. The summed E-state index contributed by atoms with van der Waals surface area (Å²) in [6.45, 7) is 0.681. The third-order valence-corrected chi connectivity index (χ3v) is 3.88. The Bertz CT molecular complexity index is 871. The summed E-state index contributed by atoms with van der Waals surface area (Å²) >= 11 is 0. The molecule has 126 valence electrons. The molecule has 2 heterocycles. The van der Waals surface area contributed by atoms with E-state index in [0.717, 1.165) is 29.5 Å². The molecule has 1 aliphatic heterocycles. The molecule has 0 saturated heterocycles. The molecule has 6 heteroatoms. The van der Waals surface area contributed by atoms with Crippen LogP contribution in [0.2, 0.25) is 0 Å². The lowest BCUT2D eigenvalue weighted by atomic mass is 10.0. The summed E-state index contributed by atoms with van der Waals surface area (Å²) in [6.07, 6.45) is 9.72. The number of ether oxygens (including phenoxy) is 1. The number of hydrogen-bond acceptors (Lipinski definition) is 5. The van der Waals surface area contributed by atoms with E-state index in [0.29, 0.717) is 23.4 Å². The van der Waals surface area contributed by atoms with Gasteiger partial charge >= 0.3 is 0 Å². The molecule has 0 fully saturated rings. The van der Waals surface area contributed by atoms with E-state index < -0.39 is 0 Å². The Labute approximate surface area is 145 Å². The van der Waals surface area contributed by atoms with Gasteiger partial charge in [0, 0.05) is 60.2 Å². The average Bonchev–Trinajstić information content (AvgIpc) is 3.10. The van der Waals surface area contributed by atoms with Crippen molar-refractivity contribution in [2.75, 3.05) is 11.9 Å². The molecule has 0 saturated carbocycles. The number of fused-ring (bicyclic) bond motifs is 1. The normalized spacial score (nSPS) is 13.4. The van der Waals surface area contributed by atoms with Gasteiger partial charge in [0.15, 0.2) is 0 Å².